The van der Waals surface area contributed by atoms with Gasteiger partial charge in [0.1, 0.15) is 5.75 Å². The van der Waals surface area contributed by atoms with Gasteiger partial charge < -0.3 is 15.8 Å². The molecule has 1 aromatic carbocycles. The van der Waals surface area contributed by atoms with Crippen LogP contribution in [0.3, 0.4) is 0 Å². The van der Waals surface area contributed by atoms with E-state index in [1.807, 2.05) is 13.8 Å². The van der Waals surface area contributed by atoms with Crippen LogP contribution in [-0.2, 0) is 6.18 Å². The molecule has 4 N–H and O–H groups in total. The zero-order chi connectivity index (χ0) is 18.1. The van der Waals surface area contributed by atoms with E-state index in [1.54, 1.807) is 12.1 Å². The molecule has 2 heterocycles. The standard InChI is InChI=1S/C14H11F3N4O.C2H6/c1-6-4-7(14(15,16)17)5-10(22)11(6)8-2-3-9-12(19-8)21-13(18)20-9;1-2/h2-5,22H,1H3,(H3,18,19,20,21);1-2H3. The van der Waals surface area contributed by atoms with Gasteiger partial charge in [0, 0.05) is 5.56 Å². The first-order valence-electron chi connectivity index (χ1n) is 7.29. The number of benzene rings is 1. The maximum absolute atomic E-state index is 12.7. The second-order valence-electron chi connectivity index (χ2n) is 4.87. The van der Waals surface area contributed by atoms with Crippen LogP contribution in [0.25, 0.3) is 22.4 Å². The number of nitrogens with two attached hydrogens (primary N) is 1. The van der Waals surface area contributed by atoms with Crippen molar-refractivity contribution in [2.75, 3.05) is 5.73 Å². The van der Waals surface area contributed by atoms with Crippen molar-refractivity contribution in [3.8, 4) is 17.0 Å². The summed E-state index contributed by atoms with van der Waals surface area (Å²) in [6, 6.07) is 4.89. The molecule has 0 saturated carbocycles. The minimum absolute atomic E-state index is 0.188. The first-order valence-corrected chi connectivity index (χ1v) is 7.29. The Morgan fingerprint density at radius 3 is 2.38 bits per heavy atom. The number of aryl methyl sites for hydroxylation is 1. The third-order valence-electron chi connectivity index (χ3n) is 3.26. The summed E-state index contributed by atoms with van der Waals surface area (Å²) in [5.41, 5.74) is 6.37. The highest BCUT2D eigenvalue weighted by molar-refractivity contribution is 5.79. The number of aromatic nitrogens is 3. The number of fused-ring (bicyclic) bond motifs is 1. The number of imidazole rings is 1. The van der Waals surface area contributed by atoms with E-state index >= 15 is 0 Å². The highest BCUT2D eigenvalue weighted by atomic mass is 19.4. The normalized spacial score (nSPS) is 11.2. The highest BCUT2D eigenvalue weighted by Crippen LogP contribution is 2.38. The van der Waals surface area contributed by atoms with Gasteiger partial charge in [-0.15, -0.1) is 0 Å². The Hall–Kier alpha value is -2.77. The molecule has 0 bridgehead atoms. The van der Waals surface area contributed by atoms with Crippen LogP contribution in [0.2, 0.25) is 0 Å². The quantitative estimate of drug-likeness (QED) is 0.618. The number of H-pyrrole nitrogens is 1. The molecule has 3 aromatic rings. The largest absolute Gasteiger partial charge is 0.507 e. The number of phenolic OH excluding ortho intramolecular Hbond substituents is 1. The molecule has 0 aliphatic carbocycles. The van der Waals surface area contributed by atoms with Crippen LogP contribution in [0, 0.1) is 6.92 Å². The number of pyridine rings is 1. The summed E-state index contributed by atoms with van der Waals surface area (Å²) in [7, 11) is 0. The molecule has 0 aliphatic rings. The fraction of sp³-hybridized carbons (Fsp3) is 0.250. The van der Waals surface area contributed by atoms with Crippen LogP contribution < -0.4 is 5.73 Å². The minimum Gasteiger partial charge on any atom is -0.507 e. The summed E-state index contributed by atoms with van der Waals surface area (Å²) in [6.07, 6.45) is -4.52. The minimum atomic E-state index is -4.52. The Balaban J connectivity index is 0.00000100. The number of aromatic hydroxyl groups is 1. The average Bonchev–Trinajstić information content (AvgIpc) is 2.87. The van der Waals surface area contributed by atoms with Crippen molar-refractivity contribution in [2.24, 2.45) is 0 Å². The van der Waals surface area contributed by atoms with Gasteiger partial charge in [0.25, 0.3) is 0 Å². The van der Waals surface area contributed by atoms with Gasteiger partial charge in [0.2, 0.25) is 0 Å². The van der Waals surface area contributed by atoms with E-state index in [2.05, 4.69) is 15.0 Å². The van der Waals surface area contributed by atoms with Gasteiger partial charge in [-0.3, -0.25) is 0 Å². The lowest BCUT2D eigenvalue weighted by atomic mass is 10.0. The van der Waals surface area contributed by atoms with Crippen molar-refractivity contribution >= 4 is 17.1 Å². The summed E-state index contributed by atoms with van der Waals surface area (Å²) in [5.74, 6) is -0.296. The third-order valence-corrected chi connectivity index (χ3v) is 3.26. The van der Waals surface area contributed by atoms with Gasteiger partial charge >= 0.3 is 6.18 Å². The number of nitrogens with zero attached hydrogens (tertiary/aromatic N) is 2. The number of rotatable bonds is 1. The lowest BCUT2D eigenvalue weighted by Gasteiger charge is -2.13. The molecule has 24 heavy (non-hydrogen) atoms. The van der Waals surface area contributed by atoms with E-state index in [1.165, 1.54) is 6.92 Å². The van der Waals surface area contributed by atoms with Crippen LogP contribution in [-0.4, -0.2) is 20.1 Å². The molecule has 0 fully saturated rings. The Morgan fingerprint density at radius 2 is 1.79 bits per heavy atom. The summed E-state index contributed by atoms with van der Waals surface area (Å²) >= 11 is 0. The zero-order valence-corrected chi connectivity index (χ0v) is 13.4. The predicted octanol–water partition coefficient (Wildman–Crippen LogP) is 4.27. The SMILES string of the molecule is CC.Cc1cc(C(F)(F)F)cc(O)c1-c1ccc2[nH]c(N)nc2n1. The Morgan fingerprint density at radius 1 is 1.12 bits per heavy atom. The smallest absolute Gasteiger partial charge is 0.416 e. The maximum atomic E-state index is 12.7. The molecule has 0 unspecified atom stereocenters. The van der Waals surface area contributed by atoms with Crippen LogP contribution in [0.4, 0.5) is 19.1 Å². The molecule has 0 saturated heterocycles. The van der Waals surface area contributed by atoms with Gasteiger partial charge in [0.05, 0.1) is 16.8 Å². The molecule has 0 amide bonds. The summed E-state index contributed by atoms with van der Waals surface area (Å²) in [4.78, 5) is 11.0. The Kier molecular flexibility index (Phi) is 4.68. The van der Waals surface area contributed by atoms with E-state index < -0.39 is 17.5 Å². The monoisotopic (exact) mass is 338 g/mol. The number of hydrogen-bond acceptors (Lipinski definition) is 4. The van der Waals surface area contributed by atoms with Gasteiger partial charge in [-0.1, -0.05) is 13.8 Å². The Labute approximate surface area is 136 Å². The van der Waals surface area contributed by atoms with Gasteiger partial charge in [-0.05, 0) is 36.8 Å². The number of phenols is 1. The van der Waals surface area contributed by atoms with Crippen LogP contribution >= 0.6 is 0 Å². The molecule has 0 atom stereocenters. The molecule has 0 spiro atoms. The van der Waals surface area contributed by atoms with Crippen molar-refractivity contribution in [1.82, 2.24) is 15.0 Å². The second kappa shape index (κ2) is 6.38. The van der Waals surface area contributed by atoms with Crippen LogP contribution in [0.5, 0.6) is 5.75 Å². The molecule has 2 aromatic heterocycles. The van der Waals surface area contributed by atoms with E-state index in [0.717, 1.165) is 6.07 Å². The lowest BCUT2D eigenvalue weighted by Crippen LogP contribution is -2.05. The van der Waals surface area contributed by atoms with E-state index in [4.69, 9.17) is 5.73 Å². The maximum Gasteiger partial charge on any atom is 0.416 e. The van der Waals surface area contributed by atoms with E-state index in [-0.39, 0.29) is 17.1 Å². The van der Waals surface area contributed by atoms with Crippen molar-refractivity contribution < 1.29 is 18.3 Å². The lowest BCUT2D eigenvalue weighted by molar-refractivity contribution is -0.137. The van der Waals surface area contributed by atoms with Crippen molar-refractivity contribution in [3.63, 3.8) is 0 Å². The number of anilines is 1. The molecule has 128 valence electrons. The van der Waals surface area contributed by atoms with Gasteiger partial charge in [-0.2, -0.15) is 18.2 Å². The molecule has 5 nitrogen and oxygen atoms in total. The molecule has 3 rings (SSSR count). The first kappa shape index (κ1) is 17.6. The molecular weight excluding hydrogens is 321 g/mol. The number of hydrogen-bond donors (Lipinski definition) is 3. The average molecular weight is 338 g/mol. The summed E-state index contributed by atoms with van der Waals surface area (Å²) in [5, 5.41) is 9.97. The number of nitrogens with one attached hydrogen (secondary N) is 1. The first-order chi connectivity index (χ1) is 11.3. The third kappa shape index (κ3) is 3.27. The zero-order valence-electron chi connectivity index (χ0n) is 13.4. The Bertz CT molecular complexity index is 848. The van der Waals surface area contributed by atoms with Crippen molar-refractivity contribution in [2.45, 2.75) is 26.9 Å². The van der Waals surface area contributed by atoms with Gasteiger partial charge in [0.15, 0.2) is 11.6 Å². The topological polar surface area (TPSA) is 87.8 Å². The molecule has 0 aliphatic heterocycles. The fourth-order valence-corrected chi connectivity index (χ4v) is 2.32. The summed E-state index contributed by atoms with van der Waals surface area (Å²) < 4.78 is 38.2. The van der Waals surface area contributed by atoms with Crippen LogP contribution in [0.15, 0.2) is 24.3 Å². The van der Waals surface area contributed by atoms with Crippen molar-refractivity contribution in [1.29, 1.82) is 0 Å². The van der Waals surface area contributed by atoms with E-state index in [0.29, 0.717) is 22.9 Å². The molecular formula is C16H17F3N4O. The van der Waals surface area contributed by atoms with Crippen LogP contribution in [0.1, 0.15) is 25.0 Å². The second-order valence-corrected chi connectivity index (χ2v) is 4.87. The van der Waals surface area contributed by atoms with E-state index in [9.17, 15) is 18.3 Å². The van der Waals surface area contributed by atoms with Crippen molar-refractivity contribution in [3.05, 3.63) is 35.4 Å². The van der Waals surface area contributed by atoms with Gasteiger partial charge in [-0.25, -0.2) is 4.98 Å². The summed E-state index contributed by atoms with van der Waals surface area (Å²) in [6.45, 7) is 5.48. The number of alkyl halides is 3. The number of halogens is 3. The number of nitrogen functional groups attached to an aromatic ring is 1. The fourth-order valence-electron chi connectivity index (χ4n) is 2.32. The number of aromatic amines is 1. The molecule has 8 heteroatoms. The molecule has 0 radical (unpaired) electrons. The highest BCUT2D eigenvalue weighted by Gasteiger charge is 2.32. The predicted molar refractivity (Wildman–Crippen MR) is 86.5 cm³/mol.